The molecular formula is C17H24O3. The maximum Gasteiger partial charge on any atom is 0.306 e. The molecule has 0 spiro atoms. The van der Waals surface area contributed by atoms with Crippen molar-refractivity contribution >= 4 is 5.97 Å². The maximum atomic E-state index is 11.3. The van der Waals surface area contributed by atoms with E-state index in [0.29, 0.717) is 6.42 Å². The van der Waals surface area contributed by atoms with E-state index in [-0.39, 0.29) is 5.92 Å². The van der Waals surface area contributed by atoms with Crippen LogP contribution in [-0.2, 0) is 11.2 Å². The summed E-state index contributed by atoms with van der Waals surface area (Å²) in [6.45, 7) is 3.69. The van der Waals surface area contributed by atoms with Gasteiger partial charge in [-0.05, 0) is 43.4 Å². The molecule has 20 heavy (non-hydrogen) atoms. The molecule has 0 fully saturated rings. The molecule has 0 bridgehead atoms. The van der Waals surface area contributed by atoms with Gasteiger partial charge in [-0.3, -0.25) is 4.79 Å². The first-order chi connectivity index (χ1) is 9.67. The monoisotopic (exact) mass is 276 g/mol. The molecule has 3 heteroatoms. The van der Waals surface area contributed by atoms with Gasteiger partial charge in [0.2, 0.25) is 0 Å². The molecule has 1 atom stereocenters. The third kappa shape index (κ3) is 5.91. The Kier molecular flexibility index (Phi) is 7.48. The van der Waals surface area contributed by atoms with E-state index in [2.05, 4.69) is 6.58 Å². The van der Waals surface area contributed by atoms with Crippen LogP contribution >= 0.6 is 0 Å². The molecule has 1 aromatic rings. The highest BCUT2D eigenvalue weighted by atomic mass is 16.5. The Bertz CT molecular complexity index is 409. The molecule has 1 unspecified atom stereocenters. The molecule has 110 valence electrons. The van der Waals surface area contributed by atoms with E-state index in [9.17, 15) is 9.90 Å². The van der Waals surface area contributed by atoms with E-state index in [1.165, 1.54) is 0 Å². The van der Waals surface area contributed by atoms with Crippen molar-refractivity contribution in [2.75, 3.05) is 7.11 Å². The lowest BCUT2D eigenvalue weighted by atomic mass is 9.93. The van der Waals surface area contributed by atoms with Crippen molar-refractivity contribution in [2.45, 2.75) is 38.5 Å². The van der Waals surface area contributed by atoms with Crippen molar-refractivity contribution in [1.29, 1.82) is 0 Å². The zero-order valence-electron chi connectivity index (χ0n) is 12.2. The van der Waals surface area contributed by atoms with Gasteiger partial charge in [-0.2, -0.15) is 0 Å². The highest BCUT2D eigenvalue weighted by Gasteiger charge is 2.17. The average Bonchev–Trinajstić information content (AvgIpc) is 2.46. The van der Waals surface area contributed by atoms with Crippen LogP contribution in [0.15, 0.2) is 36.9 Å². The molecule has 0 aliphatic carbocycles. The number of hydrogen-bond donors (Lipinski definition) is 1. The maximum absolute atomic E-state index is 11.3. The lowest BCUT2D eigenvalue weighted by Gasteiger charge is -2.12. The molecule has 0 saturated heterocycles. The van der Waals surface area contributed by atoms with Gasteiger partial charge in [0.05, 0.1) is 13.0 Å². The van der Waals surface area contributed by atoms with E-state index >= 15 is 0 Å². The highest BCUT2D eigenvalue weighted by Crippen LogP contribution is 2.19. The van der Waals surface area contributed by atoms with Gasteiger partial charge in [-0.1, -0.05) is 31.1 Å². The van der Waals surface area contributed by atoms with Crippen molar-refractivity contribution in [2.24, 2.45) is 5.92 Å². The molecule has 0 amide bonds. The minimum Gasteiger partial charge on any atom is -0.497 e. The van der Waals surface area contributed by atoms with Crippen molar-refractivity contribution in [3.05, 3.63) is 42.5 Å². The van der Waals surface area contributed by atoms with Crippen LogP contribution in [0, 0.1) is 5.92 Å². The van der Waals surface area contributed by atoms with Gasteiger partial charge in [0, 0.05) is 0 Å². The molecule has 0 saturated carbocycles. The Morgan fingerprint density at radius 2 is 2.00 bits per heavy atom. The molecule has 3 nitrogen and oxygen atoms in total. The Labute approximate surface area is 121 Å². The second-order valence-corrected chi connectivity index (χ2v) is 5.01. The zero-order valence-corrected chi connectivity index (χ0v) is 12.2. The predicted octanol–water partition coefficient (Wildman–Crippen LogP) is 4.08. The molecule has 0 aliphatic heterocycles. The number of rotatable bonds is 10. The van der Waals surface area contributed by atoms with Gasteiger partial charge in [0.1, 0.15) is 5.75 Å². The Hall–Kier alpha value is -1.77. The van der Waals surface area contributed by atoms with Crippen LogP contribution < -0.4 is 4.74 Å². The number of allylic oxidation sites excluding steroid dienone is 1. The molecule has 0 radical (unpaired) electrons. The second kappa shape index (κ2) is 9.18. The van der Waals surface area contributed by atoms with Crippen LogP contribution in [0.5, 0.6) is 5.75 Å². The van der Waals surface area contributed by atoms with Crippen LogP contribution in [0.1, 0.15) is 37.7 Å². The smallest absolute Gasteiger partial charge is 0.306 e. The van der Waals surface area contributed by atoms with E-state index in [1.54, 1.807) is 7.11 Å². The summed E-state index contributed by atoms with van der Waals surface area (Å²) >= 11 is 0. The fourth-order valence-electron chi connectivity index (χ4n) is 2.22. The molecular weight excluding hydrogens is 252 g/mol. The minimum atomic E-state index is -0.704. The first kappa shape index (κ1) is 16.3. The number of aliphatic carboxylic acids is 1. The van der Waals surface area contributed by atoms with Crippen LogP contribution in [0.2, 0.25) is 0 Å². The summed E-state index contributed by atoms with van der Waals surface area (Å²) in [5.41, 5.74) is 1.05. The number of benzene rings is 1. The topological polar surface area (TPSA) is 46.5 Å². The van der Waals surface area contributed by atoms with Crippen LogP contribution in [0.4, 0.5) is 0 Å². The number of methoxy groups -OCH3 is 1. The lowest BCUT2D eigenvalue weighted by molar-refractivity contribution is -0.142. The van der Waals surface area contributed by atoms with E-state index in [0.717, 1.165) is 43.4 Å². The van der Waals surface area contributed by atoms with Gasteiger partial charge < -0.3 is 9.84 Å². The minimum absolute atomic E-state index is 0.299. The summed E-state index contributed by atoms with van der Waals surface area (Å²) in [5, 5.41) is 9.30. The fourth-order valence-corrected chi connectivity index (χ4v) is 2.22. The third-order valence-corrected chi connectivity index (χ3v) is 3.45. The van der Waals surface area contributed by atoms with Crippen LogP contribution in [-0.4, -0.2) is 18.2 Å². The fraction of sp³-hybridized carbons (Fsp3) is 0.471. The molecule has 1 N–H and O–H groups in total. The quantitative estimate of drug-likeness (QED) is 0.517. The van der Waals surface area contributed by atoms with Gasteiger partial charge in [-0.25, -0.2) is 0 Å². The Morgan fingerprint density at radius 3 is 2.55 bits per heavy atom. The highest BCUT2D eigenvalue weighted by molar-refractivity contribution is 5.70. The molecule has 0 heterocycles. The molecule has 1 aromatic carbocycles. The van der Waals surface area contributed by atoms with Crippen molar-refractivity contribution in [1.82, 2.24) is 0 Å². The molecule has 0 aromatic heterocycles. The number of hydrogen-bond acceptors (Lipinski definition) is 2. The standard InChI is InChI=1S/C17H24O3/c1-3-4-5-6-7-8-15(17(18)19)13-14-9-11-16(20-2)12-10-14/h3,9-12,15H,1,4-8,13H2,2H3,(H,18,19). The van der Waals surface area contributed by atoms with E-state index < -0.39 is 5.97 Å². The number of carboxylic acids is 1. The second-order valence-electron chi connectivity index (χ2n) is 5.01. The van der Waals surface area contributed by atoms with Crippen molar-refractivity contribution in [3.63, 3.8) is 0 Å². The predicted molar refractivity (Wildman–Crippen MR) is 81.1 cm³/mol. The van der Waals surface area contributed by atoms with Gasteiger partial charge in [0.25, 0.3) is 0 Å². The first-order valence-corrected chi connectivity index (χ1v) is 7.14. The number of ether oxygens (including phenoxy) is 1. The lowest BCUT2D eigenvalue weighted by Crippen LogP contribution is -2.16. The third-order valence-electron chi connectivity index (χ3n) is 3.45. The van der Waals surface area contributed by atoms with Crippen LogP contribution in [0.25, 0.3) is 0 Å². The Morgan fingerprint density at radius 1 is 1.30 bits per heavy atom. The van der Waals surface area contributed by atoms with Gasteiger partial charge in [0.15, 0.2) is 0 Å². The number of carbonyl (C=O) groups is 1. The largest absolute Gasteiger partial charge is 0.497 e. The van der Waals surface area contributed by atoms with E-state index in [1.807, 2.05) is 30.3 Å². The summed E-state index contributed by atoms with van der Waals surface area (Å²) in [4.78, 5) is 11.3. The summed E-state index contributed by atoms with van der Waals surface area (Å²) < 4.78 is 5.10. The summed E-state index contributed by atoms with van der Waals surface area (Å²) in [6.07, 6.45) is 7.36. The van der Waals surface area contributed by atoms with Crippen LogP contribution in [0.3, 0.4) is 0 Å². The van der Waals surface area contributed by atoms with Crippen molar-refractivity contribution in [3.8, 4) is 5.75 Å². The number of carboxylic acid groups (broad SMARTS) is 1. The Balaban J connectivity index is 2.45. The SMILES string of the molecule is C=CCCCCCC(Cc1ccc(OC)cc1)C(=O)O. The average molecular weight is 276 g/mol. The normalized spacial score (nSPS) is 11.8. The summed E-state index contributed by atoms with van der Waals surface area (Å²) in [7, 11) is 1.62. The number of unbranched alkanes of at least 4 members (excludes halogenated alkanes) is 3. The van der Waals surface area contributed by atoms with Gasteiger partial charge >= 0.3 is 5.97 Å². The van der Waals surface area contributed by atoms with Gasteiger partial charge in [-0.15, -0.1) is 6.58 Å². The molecule has 1 rings (SSSR count). The zero-order chi connectivity index (χ0) is 14.8. The molecule has 0 aliphatic rings. The van der Waals surface area contributed by atoms with E-state index in [4.69, 9.17) is 4.74 Å². The van der Waals surface area contributed by atoms with Crippen molar-refractivity contribution < 1.29 is 14.6 Å². The first-order valence-electron chi connectivity index (χ1n) is 7.14. The summed E-state index contributed by atoms with van der Waals surface area (Å²) in [6, 6.07) is 7.62. The summed E-state index contributed by atoms with van der Waals surface area (Å²) in [5.74, 6) is -0.207.